The minimum Gasteiger partial charge on any atom is -0.389 e. The first-order valence-corrected chi connectivity index (χ1v) is 9.51. The van der Waals surface area contributed by atoms with Crippen molar-refractivity contribution in [2.45, 2.75) is 38.4 Å². The molecule has 140 valence electrons. The van der Waals surface area contributed by atoms with Gasteiger partial charge >= 0.3 is 0 Å². The minimum absolute atomic E-state index is 0.455. The van der Waals surface area contributed by atoms with Crippen LogP contribution >= 0.6 is 0 Å². The quantitative estimate of drug-likeness (QED) is 0.527. The molecule has 1 aromatic heterocycles. The van der Waals surface area contributed by atoms with E-state index < -0.39 is 6.10 Å². The van der Waals surface area contributed by atoms with Crippen LogP contribution in [0.15, 0.2) is 66.9 Å². The number of aromatic nitrogens is 2. The van der Waals surface area contributed by atoms with E-state index in [1.54, 1.807) is 12.3 Å². The van der Waals surface area contributed by atoms with Crippen molar-refractivity contribution in [3.8, 4) is 0 Å². The van der Waals surface area contributed by atoms with Gasteiger partial charge in [-0.1, -0.05) is 61.4 Å². The summed E-state index contributed by atoms with van der Waals surface area (Å²) in [5.41, 5.74) is 3.71. The van der Waals surface area contributed by atoms with Crippen LogP contribution in [0.2, 0.25) is 0 Å². The Morgan fingerprint density at radius 3 is 2.56 bits per heavy atom. The molecule has 4 heteroatoms. The van der Waals surface area contributed by atoms with Crippen molar-refractivity contribution in [3.05, 3.63) is 78.1 Å². The summed E-state index contributed by atoms with van der Waals surface area (Å²) in [5, 5.41) is 10.1. The number of aliphatic hydroxyl groups is 1. The fourth-order valence-electron chi connectivity index (χ4n) is 2.86. The Labute approximate surface area is 160 Å². The van der Waals surface area contributed by atoms with Gasteiger partial charge in [-0.25, -0.2) is 4.98 Å². The number of ether oxygens (including phenoxy) is 1. The maximum Gasteiger partial charge on any atom is 0.0894 e. The van der Waals surface area contributed by atoms with E-state index in [4.69, 9.17) is 4.74 Å². The van der Waals surface area contributed by atoms with Crippen LogP contribution in [0, 0.1) is 0 Å². The standard InChI is InChI=1S/C23H26N2O2/c26-21(11-5-2-8-16-27-18-19-9-3-1-4-10-19)15-14-20-17-24-22-12-6-7-13-23(22)25-20/h1,3-4,6-7,9-10,12-15,17,21,26H,2,5,8,11,16,18H2/t21-/m1/s1. The highest BCUT2D eigenvalue weighted by molar-refractivity contribution is 5.74. The fraction of sp³-hybridized carbons (Fsp3) is 0.304. The summed E-state index contributed by atoms with van der Waals surface area (Å²) < 4.78 is 5.68. The Bertz CT molecular complexity index is 849. The molecule has 3 aromatic rings. The van der Waals surface area contributed by atoms with Gasteiger partial charge in [-0.15, -0.1) is 0 Å². The van der Waals surface area contributed by atoms with Crippen LogP contribution in [0.1, 0.15) is 36.9 Å². The van der Waals surface area contributed by atoms with Gasteiger partial charge in [0.2, 0.25) is 0 Å². The molecule has 1 heterocycles. The summed E-state index contributed by atoms with van der Waals surface area (Å²) >= 11 is 0. The van der Waals surface area contributed by atoms with E-state index in [0.717, 1.165) is 49.0 Å². The highest BCUT2D eigenvalue weighted by Gasteiger charge is 2.01. The van der Waals surface area contributed by atoms with Gasteiger partial charge in [-0.3, -0.25) is 4.98 Å². The predicted octanol–water partition coefficient (Wildman–Crippen LogP) is 4.78. The van der Waals surface area contributed by atoms with Crippen LogP contribution in [0.4, 0.5) is 0 Å². The first kappa shape index (κ1) is 19.2. The van der Waals surface area contributed by atoms with Crippen molar-refractivity contribution >= 4 is 17.1 Å². The summed E-state index contributed by atoms with van der Waals surface area (Å²) in [4.78, 5) is 8.90. The zero-order chi connectivity index (χ0) is 18.7. The molecule has 0 spiro atoms. The molecular weight excluding hydrogens is 336 g/mol. The van der Waals surface area contributed by atoms with Crippen molar-refractivity contribution < 1.29 is 9.84 Å². The third-order valence-corrected chi connectivity index (χ3v) is 4.36. The molecule has 3 rings (SSSR count). The van der Waals surface area contributed by atoms with Crippen molar-refractivity contribution in [1.82, 2.24) is 9.97 Å². The van der Waals surface area contributed by atoms with Crippen LogP contribution < -0.4 is 0 Å². The van der Waals surface area contributed by atoms with Crippen LogP contribution in [0.25, 0.3) is 17.1 Å². The highest BCUT2D eigenvalue weighted by Crippen LogP contribution is 2.11. The summed E-state index contributed by atoms with van der Waals surface area (Å²) in [7, 11) is 0. The van der Waals surface area contributed by atoms with E-state index in [1.807, 2.05) is 48.5 Å². The molecule has 4 nitrogen and oxygen atoms in total. The second-order valence-corrected chi connectivity index (χ2v) is 6.60. The number of nitrogens with zero attached hydrogens (tertiary/aromatic N) is 2. The maximum absolute atomic E-state index is 10.1. The Balaban J connectivity index is 1.30. The number of hydrogen-bond donors (Lipinski definition) is 1. The van der Waals surface area contributed by atoms with Gasteiger partial charge in [0.15, 0.2) is 0 Å². The normalized spacial score (nSPS) is 12.6. The SMILES string of the molecule is O[C@@H](C=Cc1cnc2ccccc2n1)CCCCCOCc1ccccc1. The average Bonchev–Trinajstić information content (AvgIpc) is 2.72. The minimum atomic E-state index is -0.455. The van der Waals surface area contributed by atoms with Crippen LogP contribution in [0.5, 0.6) is 0 Å². The second kappa shape index (κ2) is 10.6. The average molecular weight is 362 g/mol. The van der Waals surface area contributed by atoms with E-state index in [1.165, 1.54) is 5.56 Å². The molecule has 0 bridgehead atoms. The number of fused-ring (bicyclic) bond motifs is 1. The lowest BCUT2D eigenvalue weighted by atomic mass is 10.1. The molecule has 2 aromatic carbocycles. The van der Waals surface area contributed by atoms with Gasteiger partial charge in [0.25, 0.3) is 0 Å². The zero-order valence-corrected chi connectivity index (χ0v) is 15.5. The van der Waals surface area contributed by atoms with Gasteiger partial charge in [0, 0.05) is 6.61 Å². The highest BCUT2D eigenvalue weighted by atomic mass is 16.5. The molecule has 0 saturated carbocycles. The van der Waals surface area contributed by atoms with Crippen molar-refractivity contribution in [1.29, 1.82) is 0 Å². The molecule has 0 aliphatic heterocycles. The summed E-state index contributed by atoms with van der Waals surface area (Å²) in [5.74, 6) is 0. The molecule has 27 heavy (non-hydrogen) atoms. The largest absolute Gasteiger partial charge is 0.389 e. The van der Waals surface area contributed by atoms with Crippen LogP contribution in [-0.2, 0) is 11.3 Å². The van der Waals surface area contributed by atoms with E-state index in [-0.39, 0.29) is 0 Å². The number of hydrogen-bond acceptors (Lipinski definition) is 4. The van der Waals surface area contributed by atoms with Crippen LogP contribution in [0.3, 0.4) is 0 Å². The van der Waals surface area contributed by atoms with E-state index in [2.05, 4.69) is 22.1 Å². The number of unbranched alkanes of at least 4 members (excludes halogenated alkanes) is 2. The zero-order valence-electron chi connectivity index (χ0n) is 15.5. The summed E-state index contributed by atoms with van der Waals surface area (Å²) in [6.45, 7) is 1.42. The Morgan fingerprint density at radius 2 is 1.70 bits per heavy atom. The second-order valence-electron chi connectivity index (χ2n) is 6.60. The van der Waals surface area contributed by atoms with E-state index in [9.17, 15) is 5.11 Å². The van der Waals surface area contributed by atoms with Gasteiger partial charge in [-0.2, -0.15) is 0 Å². The van der Waals surface area contributed by atoms with Crippen LogP contribution in [-0.4, -0.2) is 27.8 Å². The summed E-state index contributed by atoms with van der Waals surface area (Å²) in [6.07, 6.45) is 8.70. The van der Waals surface area contributed by atoms with Gasteiger partial charge in [0.05, 0.1) is 35.6 Å². The van der Waals surface area contributed by atoms with Crippen molar-refractivity contribution in [2.75, 3.05) is 6.61 Å². The van der Waals surface area contributed by atoms with Crippen molar-refractivity contribution in [3.63, 3.8) is 0 Å². The van der Waals surface area contributed by atoms with E-state index in [0.29, 0.717) is 6.61 Å². The molecule has 1 atom stereocenters. The molecule has 0 unspecified atom stereocenters. The number of benzene rings is 2. The first-order chi connectivity index (χ1) is 13.3. The number of rotatable bonds is 10. The number of aliphatic hydroxyl groups excluding tert-OH is 1. The Kier molecular flexibility index (Phi) is 7.51. The molecule has 0 aliphatic rings. The predicted molar refractivity (Wildman–Crippen MR) is 109 cm³/mol. The maximum atomic E-state index is 10.1. The van der Waals surface area contributed by atoms with Gasteiger partial charge < -0.3 is 9.84 Å². The lowest BCUT2D eigenvalue weighted by Crippen LogP contribution is -2.02. The first-order valence-electron chi connectivity index (χ1n) is 9.51. The topological polar surface area (TPSA) is 55.2 Å². The summed E-state index contributed by atoms with van der Waals surface area (Å²) in [6, 6.07) is 18.0. The smallest absolute Gasteiger partial charge is 0.0894 e. The third kappa shape index (κ3) is 6.59. The lowest BCUT2D eigenvalue weighted by Gasteiger charge is -2.06. The van der Waals surface area contributed by atoms with Gasteiger partial charge in [0.1, 0.15) is 0 Å². The molecule has 0 fully saturated rings. The molecule has 0 aliphatic carbocycles. The molecule has 0 amide bonds. The Morgan fingerprint density at radius 1 is 0.926 bits per heavy atom. The van der Waals surface area contributed by atoms with Gasteiger partial charge in [-0.05, 0) is 36.6 Å². The molecule has 1 N–H and O–H groups in total. The Hall–Kier alpha value is -2.56. The number of para-hydroxylation sites is 2. The van der Waals surface area contributed by atoms with E-state index >= 15 is 0 Å². The molecule has 0 saturated heterocycles. The molecule has 0 radical (unpaired) electrons. The monoisotopic (exact) mass is 362 g/mol. The van der Waals surface area contributed by atoms with Crippen molar-refractivity contribution in [2.24, 2.45) is 0 Å². The fourth-order valence-corrected chi connectivity index (χ4v) is 2.86. The molecular formula is C23H26N2O2. The third-order valence-electron chi connectivity index (χ3n) is 4.36. The lowest BCUT2D eigenvalue weighted by molar-refractivity contribution is 0.115.